The topological polar surface area (TPSA) is 29.9 Å². The maximum absolute atomic E-state index is 6.19. The Hall–Kier alpha value is -1.97. The van der Waals surface area contributed by atoms with Crippen molar-refractivity contribution >= 4 is 29.0 Å². The molecule has 0 unspecified atom stereocenters. The Labute approximate surface area is 151 Å². The van der Waals surface area contributed by atoms with Crippen LogP contribution in [0.2, 0.25) is 10.0 Å². The van der Waals surface area contributed by atoms with Crippen molar-refractivity contribution in [1.29, 1.82) is 0 Å². The molecule has 1 aliphatic heterocycles. The molecule has 0 aliphatic carbocycles. The fourth-order valence-corrected chi connectivity index (χ4v) is 3.54. The molecule has 0 bridgehead atoms. The molecule has 2 heterocycles. The molecule has 4 rings (SSSR count). The molecule has 3 aromatic rings. The van der Waals surface area contributed by atoms with Crippen molar-refractivity contribution in [2.24, 2.45) is 0 Å². The molecular formula is C19H17Cl2N3. The van der Waals surface area contributed by atoms with Crippen LogP contribution in [0.25, 0.3) is 16.9 Å². The lowest BCUT2D eigenvalue weighted by Gasteiger charge is -2.09. The number of nitrogens with zero attached hydrogens (tertiary/aromatic N) is 2. The third kappa shape index (κ3) is 2.90. The molecule has 122 valence electrons. The minimum Gasteiger partial charge on any atom is -0.370 e. The van der Waals surface area contributed by atoms with Gasteiger partial charge in [-0.15, -0.1) is 0 Å². The van der Waals surface area contributed by atoms with E-state index in [1.165, 1.54) is 5.56 Å². The maximum atomic E-state index is 6.19. The zero-order chi connectivity index (χ0) is 16.5. The molecule has 3 nitrogen and oxygen atoms in total. The van der Waals surface area contributed by atoms with Gasteiger partial charge in [-0.2, -0.15) is 5.10 Å². The fourth-order valence-electron chi connectivity index (χ4n) is 3.16. The molecule has 2 aromatic carbocycles. The summed E-state index contributed by atoms with van der Waals surface area (Å²) in [4.78, 5) is 0. The highest BCUT2D eigenvalue weighted by Crippen LogP contribution is 2.35. The second kappa shape index (κ2) is 6.50. The summed E-state index contributed by atoms with van der Waals surface area (Å²) in [6.07, 6.45) is 3.30. The molecule has 0 atom stereocenters. The van der Waals surface area contributed by atoms with E-state index < -0.39 is 0 Å². The van der Waals surface area contributed by atoms with Crippen LogP contribution < -0.4 is 5.32 Å². The number of hydrogen-bond donors (Lipinski definition) is 1. The van der Waals surface area contributed by atoms with Crippen molar-refractivity contribution < 1.29 is 0 Å². The predicted octanol–water partition coefficient (Wildman–Crippen LogP) is 5.59. The van der Waals surface area contributed by atoms with Gasteiger partial charge < -0.3 is 5.32 Å². The smallest absolute Gasteiger partial charge is 0.133 e. The van der Waals surface area contributed by atoms with Crippen LogP contribution in [0.1, 0.15) is 18.4 Å². The number of fused-ring (bicyclic) bond motifs is 1. The Balaban J connectivity index is 1.92. The summed E-state index contributed by atoms with van der Waals surface area (Å²) in [5, 5.41) is 9.86. The second-order valence-corrected chi connectivity index (χ2v) is 6.83. The number of nitrogens with one attached hydrogen (secondary N) is 1. The highest BCUT2D eigenvalue weighted by molar-refractivity contribution is 6.31. The van der Waals surface area contributed by atoms with E-state index in [0.717, 1.165) is 53.6 Å². The van der Waals surface area contributed by atoms with Crippen LogP contribution in [0.15, 0.2) is 48.5 Å². The lowest BCUT2D eigenvalue weighted by Crippen LogP contribution is -2.07. The molecule has 0 amide bonds. The van der Waals surface area contributed by atoms with Gasteiger partial charge in [0.05, 0.1) is 11.4 Å². The average molecular weight is 358 g/mol. The standard InChI is InChI=1S/C19H17Cl2N3/c20-14-6-3-5-13(11-14)18-17-9-1-2-10-22-19(17)24(23-18)16-8-4-7-15(21)12-16/h3-8,11-12,22H,1-2,9-10H2. The van der Waals surface area contributed by atoms with E-state index in [1.807, 2.05) is 47.1 Å². The van der Waals surface area contributed by atoms with Crippen LogP contribution in [-0.4, -0.2) is 16.3 Å². The van der Waals surface area contributed by atoms with Gasteiger partial charge in [-0.3, -0.25) is 0 Å². The Morgan fingerprint density at radius 2 is 1.75 bits per heavy atom. The normalized spacial score (nSPS) is 13.9. The van der Waals surface area contributed by atoms with E-state index in [9.17, 15) is 0 Å². The Morgan fingerprint density at radius 3 is 2.54 bits per heavy atom. The Morgan fingerprint density at radius 1 is 0.958 bits per heavy atom. The monoisotopic (exact) mass is 357 g/mol. The first-order chi connectivity index (χ1) is 11.7. The number of rotatable bonds is 2. The van der Waals surface area contributed by atoms with Crippen LogP contribution in [-0.2, 0) is 6.42 Å². The van der Waals surface area contributed by atoms with Crippen molar-refractivity contribution in [2.45, 2.75) is 19.3 Å². The molecule has 1 N–H and O–H groups in total. The summed E-state index contributed by atoms with van der Waals surface area (Å²) in [6, 6.07) is 15.7. The molecule has 24 heavy (non-hydrogen) atoms. The molecule has 1 aliphatic rings. The van der Waals surface area contributed by atoms with Crippen molar-refractivity contribution in [2.75, 3.05) is 11.9 Å². The van der Waals surface area contributed by atoms with Gasteiger partial charge in [-0.05, 0) is 49.6 Å². The minimum atomic E-state index is 0.703. The highest BCUT2D eigenvalue weighted by atomic mass is 35.5. The molecule has 0 fully saturated rings. The van der Waals surface area contributed by atoms with Gasteiger partial charge in [0.2, 0.25) is 0 Å². The zero-order valence-corrected chi connectivity index (χ0v) is 14.6. The zero-order valence-electron chi connectivity index (χ0n) is 13.1. The van der Waals surface area contributed by atoms with Crippen LogP contribution in [0, 0.1) is 0 Å². The molecule has 0 saturated carbocycles. The quantitative estimate of drug-likeness (QED) is 0.647. The van der Waals surface area contributed by atoms with Gasteiger partial charge >= 0.3 is 0 Å². The summed E-state index contributed by atoms with van der Waals surface area (Å²) in [5.41, 5.74) is 4.24. The number of halogens is 2. The number of anilines is 1. The summed E-state index contributed by atoms with van der Waals surface area (Å²) in [5.74, 6) is 1.06. The summed E-state index contributed by atoms with van der Waals surface area (Å²) < 4.78 is 1.96. The van der Waals surface area contributed by atoms with E-state index in [2.05, 4.69) is 11.4 Å². The van der Waals surface area contributed by atoms with Gasteiger partial charge in [-0.25, -0.2) is 4.68 Å². The molecule has 0 radical (unpaired) electrons. The third-order valence-corrected chi connectivity index (χ3v) is 4.75. The maximum Gasteiger partial charge on any atom is 0.133 e. The third-order valence-electron chi connectivity index (χ3n) is 4.28. The van der Waals surface area contributed by atoms with E-state index in [4.69, 9.17) is 28.3 Å². The van der Waals surface area contributed by atoms with Crippen LogP contribution >= 0.6 is 23.2 Å². The van der Waals surface area contributed by atoms with Crippen LogP contribution in [0.5, 0.6) is 0 Å². The van der Waals surface area contributed by atoms with E-state index >= 15 is 0 Å². The Kier molecular flexibility index (Phi) is 4.21. The Bertz CT molecular complexity index is 816. The minimum absolute atomic E-state index is 0.703. The molecule has 5 heteroatoms. The van der Waals surface area contributed by atoms with Gasteiger partial charge in [0, 0.05) is 27.7 Å². The van der Waals surface area contributed by atoms with Gasteiger partial charge in [-0.1, -0.05) is 41.4 Å². The molecule has 1 aromatic heterocycles. The van der Waals surface area contributed by atoms with Gasteiger partial charge in [0.1, 0.15) is 5.82 Å². The second-order valence-electron chi connectivity index (χ2n) is 5.96. The summed E-state index contributed by atoms with van der Waals surface area (Å²) in [7, 11) is 0. The predicted molar refractivity (Wildman–Crippen MR) is 100 cm³/mol. The molecule has 0 saturated heterocycles. The van der Waals surface area contributed by atoms with Crippen molar-refractivity contribution in [3.8, 4) is 16.9 Å². The fraction of sp³-hybridized carbons (Fsp3) is 0.211. The van der Waals surface area contributed by atoms with Crippen molar-refractivity contribution in [1.82, 2.24) is 9.78 Å². The number of aromatic nitrogens is 2. The first-order valence-corrected chi connectivity index (χ1v) is 8.85. The molecular weight excluding hydrogens is 341 g/mol. The number of benzene rings is 2. The summed E-state index contributed by atoms with van der Waals surface area (Å²) >= 11 is 12.4. The lowest BCUT2D eigenvalue weighted by molar-refractivity contribution is 0.780. The first-order valence-electron chi connectivity index (χ1n) is 8.10. The van der Waals surface area contributed by atoms with Gasteiger partial charge in [0.25, 0.3) is 0 Å². The SMILES string of the molecule is Clc1cccc(-c2nn(-c3cccc(Cl)c3)c3c2CCCCN3)c1. The van der Waals surface area contributed by atoms with E-state index in [0.29, 0.717) is 5.02 Å². The van der Waals surface area contributed by atoms with E-state index in [-0.39, 0.29) is 0 Å². The highest BCUT2D eigenvalue weighted by Gasteiger charge is 2.21. The first kappa shape index (κ1) is 15.6. The molecule has 0 spiro atoms. The van der Waals surface area contributed by atoms with Crippen LogP contribution in [0.3, 0.4) is 0 Å². The summed E-state index contributed by atoms with van der Waals surface area (Å²) in [6.45, 7) is 0.953. The van der Waals surface area contributed by atoms with Crippen molar-refractivity contribution in [3.05, 3.63) is 64.1 Å². The van der Waals surface area contributed by atoms with Crippen LogP contribution in [0.4, 0.5) is 5.82 Å². The largest absolute Gasteiger partial charge is 0.370 e. The van der Waals surface area contributed by atoms with Crippen molar-refractivity contribution in [3.63, 3.8) is 0 Å². The average Bonchev–Trinajstić information content (AvgIpc) is 2.76. The van der Waals surface area contributed by atoms with Gasteiger partial charge in [0.15, 0.2) is 0 Å². The van der Waals surface area contributed by atoms with E-state index in [1.54, 1.807) is 0 Å². The lowest BCUT2D eigenvalue weighted by atomic mass is 10.0. The number of hydrogen-bond acceptors (Lipinski definition) is 2.